The van der Waals surface area contributed by atoms with Crippen LogP contribution >= 0.6 is 0 Å². The number of anilines is 2. The molecule has 0 unspecified atom stereocenters. The average molecular weight is 305 g/mol. The van der Waals surface area contributed by atoms with Crippen molar-refractivity contribution in [2.75, 3.05) is 10.6 Å². The summed E-state index contributed by atoms with van der Waals surface area (Å²) in [7, 11) is 0. The van der Waals surface area contributed by atoms with Crippen molar-refractivity contribution in [1.82, 2.24) is 4.98 Å². The quantitative estimate of drug-likeness (QED) is 0.745. The number of nitrogens with zero attached hydrogens (tertiary/aromatic N) is 1. The second-order valence-electron chi connectivity index (χ2n) is 4.73. The summed E-state index contributed by atoms with van der Waals surface area (Å²) in [5.74, 6) is 1.28. The number of aromatic nitrogens is 1. The molecule has 114 valence electrons. The summed E-state index contributed by atoms with van der Waals surface area (Å²) in [4.78, 5) is 16.0. The van der Waals surface area contributed by atoms with Crippen LogP contribution < -0.4 is 15.4 Å². The van der Waals surface area contributed by atoms with E-state index in [1.54, 1.807) is 36.7 Å². The van der Waals surface area contributed by atoms with Crippen molar-refractivity contribution in [3.63, 3.8) is 0 Å². The number of amides is 2. The van der Waals surface area contributed by atoms with E-state index in [0.29, 0.717) is 22.9 Å². The van der Waals surface area contributed by atoms with Crippen LogP contribution in [-0.4, -0.2) is 11.0 Å². The monoisotopic (exact) mass is 305 g/mol. The Bertz CT molecular complexity index is 777. The van der Waals surface area contributed by atoms with Gasteiger partial charge in [-0.1, -0.05) is 30.3 Å². The topological polar surface area (TPSA) is 63.2 Å². The molecule has 0 spiro atoms. The van der Waals surface area contributed by atoms with Crippen LogP contribution in [0.5, 0.6) is 11.5 Å². The lowest BCUT2D eigenvalue weighted by molar-refractivity contribution is 0.262. The van der Waals surface area contributed by atoms with Crippen molar-refractivity contribution in [3.8, 4) is 11.5 Å². The Kier molecular flexibility index (Phi) is 4.49. The molecule has 1 heterocycles. The summed E-state index contributed by atoms with van der Waals surface area (Å²) < 4.78 is 5.81. The molecule has 23 heavy (non-hydrogen) atoms. The van der Waals surface area contributed by atoms with E-state index in [1.807, 2.05) is 42.5 Å². The van der Waals surface area contributed by atoms with Crippen molar-refractivity contribution in [2.45, 2.75) is 0 Å². The maximum atomic E-state index is 12.1. The highest BCUT2D eigenvalue weighted by Gasteiger charge is 2.08. The molecule has 0 atom stereocenters. The standard InChI is InChI=1S/C18H15N3O2/c22-18(20-14-10-12-19-13-11-14)21-16-8-4-5-9-17(16)23-15-6-2-1-3-7-15/h1-13H,(H2,19,20,21,22). The van der Waals surface area contributed by atoms with Gasteiger partial charge in [0.25, 0.3) is 0 Å². The third kappa shape index (κ3) is 4.07. The number of hydrogen-bond donors (Lipinski definition) is 2. The molecule has 1 aromatic heterocycles. The van der Waals surface area contributed by atoms with Crippen LogP contribution in [0.15, 0.2) is 79.1 Å². The normalized spacial score (nSPS) is 9.91. The predicted molar refractivity (Wildman–Crippen MR) is 89.8 cm³/mol. The first-order valence-corrected chi connectivity index (χ1v) is 7.11. The molecule has 0 saturated carbocycles. The highest BCUT2D eigenvalue weighted by atomic mass is 16.5. The molecule has 3 aromatic rings. The molecule has 0 aliphatic rings. The van der Waals surface area contributed by atoms with Gasteiger partial charge >= 0.3 is 6.03 Å². The highest BCUT2D eigenvalue weighted by Crippen LogP contribution is 2.29. The highest BCUT2D eigenvalue weighted by molar-refractivity contribution is 6.00. The SMILES string of the molecule is O=C(Nc1ccncc1)Nc1ccccc1Oc1ccccc1. The fourth-order valence-corrected chi connectivity index (χ4v) is 1.99. The van der Waals surface area contributed by atoms with E-state index < -0.39 is 0 Å². The van der Waals surface area contributed by atoms with Crippen LogP contribution in [0, 0.1) is 0 Å². The van der Waals surface area contributed by atoms with Crippen molar-refractivity contribution in [2.24, 2.45) is 0 Å². The Labute approximate surface area is 134 Å². The van der Waals surface area contributed by atoms with Crippen LogP contribution in [0.3, 0.4) is 0 Å². The number of rotatable bonds is 4. The zero-order valence-electron chi connectivity index (χ0n) is 12.3. The average Bonchev–Trinajstić information content (AvgIpc) is 2.58. The molecule has 0 aliphatic carbocycles. The number of hydrogen-bond acceptors (Lipinski definition) is 3. The van der Waals surface area contributed by atoms with Crippen LogP contribution in [0.1, 0.15) is 0 Å². The van der Waals surface area contributed by atoms with Crippen molar-refractivity contribution < 1.29 is 9.53 Å². The molecule has 0 aliphatic heterocycles. The van der Waals surface area contributed by atoms with Gasteiger partial charge in [0.2, 0.25) is 0 Å². The lowest BCUT2D eigenvalue weighted by Crippen LogP contribution is -2.19. The van der Waals surface area contributed by atoms with E-state index in [0.717, 1.165) is 0 Å². The van der Waals surface area contributed by atoms with Gasteiger partial charge in [-0.2, -0.15) is 0 Å². The first-order chi connectivity index (χ1) is 11.3. The molecule has 0 bridgehead atoms. The molecule has 2 amide bonds. The first kappa shape index (κ1) is 14.6. The maximum absolute atomic E-state index is 12.1. The van der Waals surface area contributed by atoms with Crippen LogP contribution in [0.4, 0.5) is 16.2 Å². The zero-order chi connectivity index (χ0) is 15.9. The Morgan fingerprint density at radius 2 is 1.52 bits per heavy atom. The van der Waals surface area contributed by atoms with Gasteiger partial charge in [0, 0.05) is 18.1 Å². The maximum Gasteiger partial charge on any atom is 0.323 e. The molecular formula is C18H15N3O2. The van der Waals surface area contributed by atoms with Gasteiger partial charge in [-0.05, 0) is 36.4 Å². The van der Waals surface area contributed by atoms with E-state index in [1.165, 1.54) is 0 Å². The molecule has 0 radical (unpaired) electrons. The third-order valence-corrected chi connectivity index (χ3v) is 3.04. The number of carbonyl (C=O) groups is 1. The lowest BCUT2D eigenvalue weighted by atomic mass is 10.3. The molecule has 0 saturated heterocycles. The molecule has 5 nitrogen and oxygen atoms in total. The minimum absolute atomic E-state index is 0.347. The van der Waals surface area contributed by atoms with Crippen molar-refractivity contribution >= 4 is 17.4 Å². The summed E-state index contributed by atoms with van der Waals surface area (Å²) in [6.07, 6.45) is 3.23. The van der Waals surface area contributed by atoms with Crippen LogP contribution in [0.2, 0.25) is 0 Å². The number of para-hydroxylation sites is 3. The lowest BCUT2D eigenvalue weighted by Gasteiger charge is -2.12. The van der Waals surface area contributed by atoms with Gasteiger partial charge in [-0.3, -0.25) is 4.98 Å². The van der Waals surface area contributed by atoms with Gasteiger partial charge in [-0.15, -0.1) is 0 Å². The van der Waals surface area contributed by atoms with Crippen LogP contribution in [0.25, 0.3) is 0 Å². The van der Waals surface area contributed by atoms with E-state index in [9.17, 15) is 4.79 Å². The fourth-order valence-electron chi connectivity index (χ4n) is 1.99. The van der Waals surface area contributed by atoms with E-state index >= 15 is 0 Å². The Balaban J connectivity index is 1.71. The van der Waals surface area contributed by atoms with E-state index in [2.05, 4.69) is 15.6 Å². The molecular weight excluding hydrogens is 290 g/mol. The smallest absolute Gasteiger partial charge is 0.323 e. The Morgan fingerprint density at radius 1 is 0.826 bits per heavy atom. The van der Waals surface area contributed by atoms with Crippen LogP contribution in [-0.2, 0) is 0 Å². The summed E-state index contributed by atoms with van der Waals surface area (Å²) in [6, 6.07) is 19.8. The minimum atomic E-state index is -0.347. The number of urea groups is 1. The fraction of sp³-hybridized carbons (Fsp3) is 0. The summed E-state index contributed by atoms with van der Waals surface area (Å²) in [6.45, 7) is 0. The first-order valence-electron chi connectivity index (χ1n) is 7.11. The number of pyridine rings is 1. The zero-order valence-corrected chi connectivity index (χ0v) is 12.3. The molecule has 0 fully saturated rings. The van der Waals surface area contributed by atoms with Gasteiger partial charge in [0.1, 0.15) is 5.75 Å². The Morgan fingerprint density at radius 3 is 2.30 bits per heavy atom. The molecule has 2 aromatic carbocycles. The second kappa shape index (κ2) is 7.09. The largest absolute Gasteiger partial charge is 0.455 e. The van der Waals surface area contributed by atoms with E-state index in [-0.39, 0.29) is 6.03 Å². The third-order valence-electron chi connectivity index (χ3n) is 3.04. The summed E-state index contributed by atoms with van der Waals surface area (Å²) in [5.41, 5.74) is 1.25. The predicted octanol–water partition coefficient (Wildman–Crippen LogP) is 4.52. The second-order valence-corrected chi connectivity index (χ2v) is 4.73. The number of benzene rings is 2. The van der Waals surface area contributed by atoms with Gasteiger partial charge in [0.05, 0.1) is 5.69 Å². The number of nitrogens with one attached hydrogen (secondary N) is 2. The summed E-state index contributed by atoms with van der Waals surface area (Å²) >= 11 is 0. The van der Waals surface area contributed by atoms with Gasteiger partial charge in [-0.25, -0.2) is 4.79 Å². The molecule has 3 rings (SSSR count). The molecule has 2 N–H and O–H groups in total. The van der Waals surface area contributed by atoms with Gasteiger partial charge in [0.15, 0.2) is 5.75 Å². The van der Waals surface area contributed by atoms with E-state index in [4.69, 9.17) is 4.74 Å². The minimum Gasteiger partial charge on any atom is -0.455 e. The number of carbonyl (C=O) groups excluding carboxylic acids is 1. The van der Waals surface area contributed by atoms with Crippen molar-refractivity contribution in [1.29, 1.82) is 0 Å². The Hall–Kier alpha value is -3.34. The van der Waals surface area contributed by atoms with Gasteiger partial charge < -0.3 is 15.4 Å². The molecule has 5 heteroatoms. The van der Waals surface area contributed by atoms with Crippen molar-refractivity contribution in [3.05, 3.63) is 79.1 Å². The summed E-state index contributed by atoms with van der Waals surface area (Å²) in [5, 5.41) is 5.52. The number of ether oxygens (including phenoxy) is 1.